The van der Waals surface area contributed by atoms with Gasteiger partial charge in [0.15, 0.2) is 0 Å². The summed E-state index contributed by atoms with van der Waals surface area (Å²) in [5, 5.41) is 3.45. The molecule has 0 bridgehead atoms. The number of hydrogen-bond donors (Lipinski definition) is 1. The zero-order chi connectivity index (χ0) is 18.7. The van der Waals surface area contributed by atoms with E-state index in [2.05, 4.69) is 21.2 Å². The second-order valence-corrected chi connectivity index (χ2v) is 7.23. The van der Waals surface area contributed by atoms with Crippen molar-refractivity contribution in [1.82, 2.24) is 10.2 Å². The Morgan fingerprint density at radius 2 is 1.92 bits per heavy atom. The minimum absolute atomic E-state index is 0.161. The molecule has 0 radical (unpaired) electrons. The second kappa shape index (κ2) is 7.68. The molecule has 1 N–H and O–H groups in total. The van der Waals surface area contributed by atoms with Crippen molar-refractivity contribution >= 4 is 39.5 Å². The number of urea groups is 1. The molecule has 3 amide bonds. The summed E-state index contributed by atoms with van der Waals surface area (Å²) in [6, 6.07) is 14.1. The number of imide groups is 1. The third-order valence-corrected chi connectivity index (χ3v) is 5.29. The number of halogens is 2. The van der Waals surface area contributed by atoms with Gasteiger partial charge in [0.05, 0.1) is 11.0 Å². The highest BCUT2D eigenvalue weighted by molar-refractivity contribution is 9.10. The van der Waals surface area contributed by atoms with E-state index >= 15 is 0 Å². The number of ether oxygens (including phenoxy) is 1. The molecule has 1 saturated heterocycles. The lowest BCUT2D eigenvalue weighted by molar-refractivity contribution is -0.132. The van der Waals surface area contributed by atoms with Crippen molar-refractivity contribution in [3.8, 4) is 5.75 Å². The van der Waals surface area contributed by atoms with Gasteiger partial charge in [0, 0.05) is 5.02 Å². The Balaban J connectivity index is 1.71. The summed E-state index contributed by atoms with van der Waals surface area (Å²) in [6.45, 7) is 2.23. The minimum Gasteiger partial charge on any atom is -0.491 e. The first kappa shape index (κ1) is 18.7. The molecule has 0 aromatic heterocycles. The Morgan fingerprint density at radius 1 is 1.19 bits per heavy atom. The first-order chi connectivity index (χ1) is 12.5. The average Bonchev–Trinajstić information content (AvgIpc) is 2.89. The standard InChI is InChI=1S/C19H18BrClN2O3/c1-2-19(13-6-4-3-5-7-13)17(24)23(18(25)22-19)10-11-26-16-9-8-14(21)12-15(16)20/h3-9,12H,2,10-11H2,1H3,(H,22,25). The number of hydrogen-bond acceptors (Lipinski definition) is 3. The van der Waals surface area contributed by atoms with Gasteiger partial charge in [-0.2, -0.15) is 0 Å². The van der Waals surface area contributed by atoms with Crippen LogP contribution in [0.5, 0.6) is 5.75 Å². The summed E-state index contributed by atoms with van der Waals surface area (Å²) in [5.41, 5.74) is -0.233. The fourth-order valence-electron chi connectivity index (χ4n) is 3.03. The van der Waals surface area contributed by atoms with Gasteiger partial charge >= 0.3 is 6.03 Å². The molecule has 1 unspecified atom stereocenters. The molecule has 1 heterocycles. The van der Waals surface area contributed by atoms with Gasteiger partial charge in [0.2, 0.25) is 0 Å². The lowest BCUT2D eigenvalue weighted by Crippen LogP contribution is -2.43. The second-order valence-electron chi connectivity index (χ2n) is 5.94. The third-order valence-electron chi connectivity index (χ3n) is 4.44. The van der Waals surface area contributed by atoms with E-state index in [4.69, 9.17) is 16.3 Å². The smallest absolute Gasteiger partial charge is 0.325 e. The molecular weight excluding hydrogens is 420 g/mol. The summed E-state index contributed by atoms with van der Waals surface area (Å²) >= 11 is 9.28. The van der Waals surface area contributed by atoms with E-state index in [1.165, 1.54) is 4.90 Å². The van der Waals surface area contributed by atoms with Crippen LogP contribution in [0.25, 0.3) is 0 Å². The number of amides is 3. The molecule has 1 fully saturated rings. The molecule has 2 aromatic rings. The van der Waals surface area contributed by atoms with Crippen LogP contribution in [0.15, 0.2) is 53.0 Å². The highest BCUT2D eigenvalue weighted by Crippen LogP contribution is 2.32. The Kier molecular flexibility index (Phi) is 5.53. The van der Waals surface area contributed by atoms with Gasteiger partial charge in [-0.3, -0.25) is 9.69 Å². The molecule has 7 heteroatoms. The molecule has 1 aliphatic rings. The molecule has 0 saturated carbocycles. The van der Waals surface area contributed by atoms with Crippen LogP contribution in [0.3, 0.4) is 0 Å². The maximum Gasteiger partial charge on any atom is 0.325 e. The molecule has 1 atom stereocenters. The van der Waals surface area contributed by atoms with Crippen LogP contribution in [0.1, 0.15) is 18.9 Å². The fourth-order valence-corrected chi connectivity index (χ4v) is 3.83. The van der Waals surface area contributed by atoms with Gasteiger partial charge in [-0.25, -0.2) is 4.79 Å². The maximum atomic E-state index is 13.0. The van der Waals surface area contributed by atoms with Crippen LogP contribution in [0, 0.1) is 0 Å². The molecule has 136 valence electrons. The van der Waals surface area contributed by atoms with Crippen molar-refractivity contribution in [1.29, 1.82) is 0 Å². The Bertz CT molecular complexity index is 831. The van der Waals surface area contributed by atoms with E-state index in [1.807, 2.05) is 37.3 Å². The van der Waals surface area contributed by atoms with Crippen LogP contribution < -0.4 is 10.1 Å². The first-order valence-electron chi connectivity index (χ1n) is 8.25. The van der Waals surface area contributed by atoms with Crippen LogP contribution in [-0.2, 0) is 10.3 Å². The molecule has 0 aliphatic carbocycles. The van der Waals surface area contributed by atoms with E-state index in [-0.39, 0.29) is 19.1 Å². The quantitative estimate of drug-likeness (QED) is 0.684. The van der Waals surface area contributed by atoms with E-state index < -0.39 is 11.6 Å². The maximum absolute atomic E-state index is 13.0. The van der Waals surface area contributed by atoms with Crippen molar-refractivity contribution in [2.24, 2.45) is 0 Å². The third kappa shape index (κ3) is 3.44. The van der Waals surface area contributed by atoms with E-state index in [0.29, 0.717) is 17.2 Å². The van der Waals surface area contributed by atoms with Crippen LogP contribution >= 0.6 is 27.5 Å². The number of nitrogens with zero attached hydrogens (tertiary/aromatic N) is 1. The zero-order valence-corrected chi connectivity index (χ0v) is 16.5. The van der Waals surface area contributed by atoms with Gasteiger partial charge in [-0.1, -0.05) is 48.9 Å². The molecule has 1 aliphatic heterocycles. The SMILES string of the molecule is CCC1(c2ccccc2)NC(=O)N(CCOc2ccc(Cl)cc2Br)C1=O. The minimum atomic E-state index is -1.01. The Morgan fingerprint density at radius 3 is 2.58 bits per heavy atom. The largest absolute Gasteiger partial charge is 0.491 e. The lowest BCUT2D eigenvalue weighted by Gasteiger charge is -2.25. The Labute approximate surface area is 165 Å². The molecule has 0 spiro atoms. The van der Waals surface area contributed by atoms with Gasteiger partial charge in [0.1, 0.15) is 17.9 Å². The summed E-state index contributed by atoms with van der Waals surface area (Å²) in [6.07, 6.45) is 0.474. The predicted octanol–water partition coefficient (Wildman–Crippen LogP) is 4.34. The molecule has 2 aromatic carbocycles. The first-order valence-corrected chi connectivity index (χ1v) is 9.42. The number of carbonyl (C=O) groups is 2. The van der Waals surface area contributed by atoms with Crippen molar-refractivity contribution in [3.63, 3.8) is 0 Å². The highest BCUT2D eigenvalue weighted by atomic mass is 79.9. The summed E-state index contributed by atoms with van der Waals surface area (Å²) < 4.78 is 6.40. The fraction of sp³-hybridized carbons (Fsp3) is 0.263. The number of benzene rings is 2. The van der Waals surface area contributed by atoms with Gasteiger partial charge in [-0.05, 0) is 46.1 Å². The van der Waals surface area contributed by atoms with Crippen LogP contribution in [0.4, 0.5) is 4.79 Å². The molecule has 3 rings (SSSR count). The topological polar surface area (TPSA) is 58.6 Å². The Hall–Kier alpha value is -2.05. The highest BCUT2D eigenvalue weighted by Gasteiger charge is 2.50. The molecule has 26 heavy (non-hydrogen) atoms. The van der Waals surface area contributed by atoms with Gasteiger partial charge < -0.3 is 10.1 Å². The lowest BCUT2D eigenvalue weighted by atomic mass is 9.87. The van der Waals surface area contributed by atoms with Crippen molar-refractivity contribution in [3.05, 3.63) is 63.6 Å². The number of nitrogens with one attached hydrogen (secondary N) is 1. The van der Waals surface area contributed by atoms with Crippen LogP contribution in [0.2, 0.25) is 5.02 Å². The average molecular weight is 438 g/mol. The van der Waals surface area contributed by atoms with Gasteiger partial charge in [-0.15, -0.1) is 0 Å². The molecule has 5 nitrogen and oxygen atoms in total. The zero-order valence-electron chi connectivity index (χ0n) is 14.2. The predicted molar refractivity (Wildman–Crippen MR) is 103 cm³/mol. The number of rotatable bonds is 6. The van der Waals surface area contributed by atoms with E-state index in [9.17, 15) is 9.59 Å². The van der Waals surface area contributed by atoms with E-state index in [0.717, 1.165) is 10.0 Å². The van der Waals surface area contributed by atoms with Crippen molar-refractivity contribution in [2.75, 3.05) is 13.2 Å². The summed E-state index contributed by atoms with van der Waals surface area (Å²) in [5.74, 6) is 0.348. The normalized spacial score (nSPS) is 19.6. The molecular formula is C19H18BrClN2O3. The monoisotopic (exact) mass is 436 g/mol. The van der Waals surface area contributed by atoms with Crippen molar-refractivity contribution in [2.45, 2.75) is 18.9 Å². The van der Waals surface area contributed by atoms with Crippen molar-refractivity contribution < 1.29 is 14.3 Å². The summed E-state index contributed by atoms with van der Waals surface area (Å²) in [7, 11) is 0. The van der Waals surface area contributed by atoms with Gasteiger partial charge in [0.25, 0.3) is 5.91 Å². The number of carbonyl (C=O) groups excluding carboxylic acids is 2. The van der Waals surface area contributed by atoms with Crippen LogP contribution in [-0.4, -0.2) is 30.0 Å². The van der Waals surface area contributed by atoms with E-state index in [1.54, 1.807) is 18.2 Å². The summed E-state index contributed by atoms with van der Waals surface area (Å²) in [4.78, 5) is 26.6.